The zero-order valence-electron chi connectivity index (χ0n) is 21.8. The van der Waals surface area contributed by atoms with Crippen LogP contribution in [0.4, 0.5) is 5.82 Å². The minimum Gasteiger partial charge on any atom is -0.408 e. The van der Waals surface area contributed by atoms with Crippen molar-refractivity contribution < 1.29 is 9.21 Å². The van der Waals surface area contributed by atoms with Crippen molar-refractivity contribution in [1.82, 2.24) is 15.2 Å². The van der Waals surface area contributed by atoms with Gasteiger partial charge in [-0.05, 0) is 81.4 Å². The molecule has 1 aromatic carbocycles. The Morgan fingerprint density at radius 3 is 2.58 bits per heavy atom. The number of benzene rings is 1. The molecule has 4 rings (SSSR count). The molecule has 8 nitrogen and oxygen atoms in total. The molecule has 2 fully saturated rings. The fourth-order valence-corrected chi connectivity index (χ4v) is 5.62. The van der Waals surface area contributed by atoms with Gasteiger partial charge >= 0.3 is 5.76 Å². The highest BCUT2D eigenvalue weighted by atomic mass is 16.4. The van der Waals surface area contributed by atoms with Crippen LogP contribution in [0.1, 0.15) is 72.1 Å². The van der Waals surface area contributed by atoms with E-state index in [1.54, 1.807) is 12.1 Å². The van der Waals surface area contributed by atoms with Gasteiger partial charge in [0.2, 0.25) is 5.91 Å². The standard InChI is InChI=1S/C28H39N5O3/c1-4-15-33-16-13-28(19-29,14-17-33)32-25(34)22(18-20-9-11-27(2,3)12-10-20)30-24-21-7-5-6-8-23(21)36-26(35)31-24/h5-8,20,22H,4,9-18H2,1-3H3,(H,32,34)(H,30,31,35)/t22-/m1/s1. The van der Waals surface area contributed by atoms with Crippen molar-refractivity contribution in [1.29, 1.82) is 5.26 Å². The van der Waals surface area contributed by atoms with Crippen LogP contribution in [0.15, 0.2) is 33.5 Å². The molecule has 0 unspecified atom stereocenters. The van der Waals surface area contributed by atoms with Gasteiger partial charge < -0.3 is 20.0 Å². The number of fused-ring (bicyclic) bond motifs is 1. The van der Waals surface area contributed by atoms with Crippen LogP contribution in [0.5, 0.6) is 0 Å². The SMILES string of the molecule is CCCN1CCC(C#N)(NC(=O)[C@@H](CC2CCC(C)(C)CC2)Nc2nc(=O)oc3ccccc23)CC1. The Labute approximate surface area is 213 Å². The van der Waals surface area contributed by atoms with Crippen LogP contribution < -0.4 is 16.4 Å². The van der Waals surface area contributed by atoms with E-state index in [1.165, 1.54) is 0 Å². The number of nitrogens with zero attached hydrogens (tertiary/aromatic N) is 3. The summed E-state index contributed by atoms with van der Waals surface area (Å²) in [5.74, 6) is -0.171. The maximum absolute atomic E-state index is 13.7. The lowest BCUT2D eigenvalue weighted by molar-refractivity contribution is -0.124. The summed E-state index contributed by atoms with van der Waals surface area (Å²) in [6.07, 6.45) is 7.27. The van der Waals surface area contributed by atoms with Crippen molar-refractivity contribution >= 4 is 22.7 Å². The first-order valence-electron chi connectivity index (χ1n) is 13.3. The highest BCUT2D eigenvalue weighted by molar-refractivity contribution is 5.91. The highest BCUT2D eigenvalue weighted by Crippen LogP contribution is 2.40. The maximum Gasteiger partial charge on any atom is 0.441 e. The minimum absolute atomic E-state index is 0.204. The van der Waals surface area contributed by atoms with Crippen LogP contribution in [-0.4, -0.2) is 47.0 Å². The van der Waals surface area contributed by atoms with E-state index in [9.17, 15) is 14.9 Å². The molecule has 1 amide bonds. The zero-order valence-corrected chi connectivity index (χ0v) is 21.8. The predicted molar refractivity (Wildman–Crippen MR) is 140 cm³/mol. The lowest BCUT2D eigenvalue weighted by Gasteiger charge is -2.39. The third-order valence-electron chi connectivity index (χ3n) is 8.02. The van der Waals surface area contributed by atoms with E-state index in [1.807, 2.05) is 12.1 Å². The summed E-state index contributed by atoms with van der Waals surface area (Å²) in [5.41, 5.74) is -0.119. The topological polar surface area (TPSA) is 111 Å². The number of nitriles is 1. The third-order valence-corrected chi connectivity index (χ3v) is 8.02. The summed E-state index contributed by atoms with van der Waals surface area (Å²) in [4.78, 5) is 32.3. The first-order chi connectivity index (χ1) is 17.2. The number of amides is 1. The lowest BCUT2D eigenvalue weighted by atomic mass is 9.71. The van der Waals surface area contributed by atoms with Crippen LogP contribution in [0.25, 0.3) is 11.0 Å². The summed E-state index contributed by atoms with van der Waals surface area (Å²) in [7, 11) is 0. The van der Waals surface area contributed by atoms with Gasteiger partial charge in [-0.1, -0.05) is 32.9 Å². The van der Waals surface area contributed by atoms with Crippen molar-refractivity contribution in [3.63, 3.8) is 0 Å². The number of likely N-dealkylation sites (tertiary alicyclic amines) is 1. The molecule has 2 heterocycles. The Kier molecular flexibility index (Phi) is 7.99. The quantitative estimate of drug-likeness (QED) is 0.558. The molecule has 2 N–H and O–H groups in total. The number of piperidine rings is 1. The van der Waals surface area contributed by atoms with Crippen LogP contribution >= 0.6 is 0 Å². The van der Waals surface area contributed by atoms with Crippen molar-refractivity contribution in [3.05, 3.63) is 34.8 Å². The molecule has 36 heavy (non-hydrogen) atoms. The second-order valence-electron chi connectivity index (χ2n) is 11.4. The molecule has 1 aliphatic heterocycles. The average Bonchev–Trinajstić information content (AvgIpc) is 2.86. The number of hydrogen-bond acceptors (Lipinski definition) is 7. The molecule has 1 atom stereocenters. The van der Waals surface area contributed by atoms with E-state index < -0.39 is 17.3 Å². The molecule has 0 bridgehead atoms. The maximum atomic E-state index is 13.7. The monoisotopic (exact) mass is 493 g/mol. The van der Waals surface area contributed by atoms with Gasteiger partial charge in [0.15, 0.2) is 0 Å². The minimum atomic E-state index is -0.874. The molecule has 1 saturated carbocycles. The Balaban J connectivity index is 1.56. The van der Waals surface area contributed by atoms with E-state index >= 15 is 0 Å². The normalized spacial score (nSPS) is 20.9. The van der Waals surface area contributed by atoms with E-state index in [0.717, 1.165) is 51.7 Å². The number of carbonyl (C=O) groups is 1. The highest BCUT2D eigenvalue weighted by Gasteiger charge is 2.39. The summed E-state index contributed by atoms with van der Waals surface area (Å²) < 4.78 is 5.25. The third kappa shape index (κ3) is 6.25. The number of para-hydroxylation sites is 1. The van der Waals surface area contributed by atoms with Gasteiger partial charge in [-0.3, -0.25) is 4.79 Å². The smallest absolute Gasteiger partial charge is 0.408 e. The number of hydrogen-bond donors (Lipinski definition) is 2. The largest absolute Gasteiger partial charge is 0.441 e. The van der Waals surface area contributed by atoms with E-state index in [-0.39, 0.29) is 5.91 Å². The van der Waals surface area contributed by atoms with Crippen LogP contribution in [0, 0.1) is 22.7 Å². The van der Waals surface area contributed by atoms with Gasteiger partial charge in [-0.25, -0.2) is 4.79 Å². The number of nitrogens with one attached hydrogen (secondary N) is 2. The molecule has 0 radical (unpaired) electrons. The number of carbonyl (C=O) groups excluding carboxylic acids is 1. The van der Waals surface area contributed by atoms with E-state index in [2.05, 4.69) is 47.4 Å². The Morgan fingerprint density at radius 2 is 1.92 bits per heavy atom. The predicted octanol–water partition coefficient (Wildman–Crippen LogP) is 4.46. The first-order valence-corrected chi connectivity index (χ1v) is 13.3. The van der Waals surface area contributed by atoms with Crippen LogP contribution in [0.2, 0.25) is 0 Å². The Morgan fingerprint density at radius 1 is 1.22 bits per heavy atom. The van der Waals surface area contributed by atoms with Gasteiger partial charge in [0.25, 0.3) is 0 Å². The summed E-state index contributed by atoms with van der Waals surface area (Å²) in [6.45, 7) is 9.34. The number of anilines is 1. The molecule has 2 aromatic rings. The van der Waals surface area contributed by atoms with Gasteiger partial charge in [-0.2, -0.15) is 10.2 Å². The lowest BCUT2D eigenvalue weighted by Crippen LogP contribution is -2.57. The molecule has 194 valence electrons. The Bertz CT molecular complexity index is 1150. The molecule has 1 aromatic heterocycles. The fraction of sp³-hybridized carbons (Fsp3) is 0.643. The average molecular weight is 494 g/mol. The van der Waals surface area contributed by atoms with Crippen LogP contribution in [-0.2, 0) is 4.79 Å². The van der Waals surface area contributed by atoms with Gasteiger partial charge in [-0.15, -0.1) is 0 Å². The molecule has 2 aliphatic rings. The van der Waals surface area contributed by atoms with Crippen LogP contribution in [0.3, 0.4) is 0 Å². The second-order valence-corrected chi connectivity index (χ2v) is 11.4. The van der Waals surface area contributed by atoms with Gasteiger partial charge in [0.05, 0.1) is 11.5 Å². The van der Waals surface area contributed by atoms with Gasteiger partial charge in [0.1, 0.15) is 23.0 Å². The van der Waals surface area contributed by atoms with Crippen molar-refractivity contribution in [2.45, 2.75) is 83.7 Å². The molecular formula is C28H39N5O3. The zero-order chi connectivity index (χ0) is 25.8. The molecule has 0 spiro atoms. The number of rotatable bonds is 8. The van der Waals surface area contributed by atoms with Crippen molar-refractivity contribution in [2.24, 2.45) is 11.3 Å². The fourth-order valence-electron chi connectivity index (χ4n) is 5.62. The Hall–Kier alpha value is -2.92. The van der Waals surface area contributed by atoms with E-state index in [4.69, 9.17) is 4.42 Å². The van der Waals surface area contributed by atoms with E-state index in [0.29, 0.717) is 47.4 Å². The summed E-state index contributed by atoms with van der Waals surface area (Å²) in [5, 5.41) is 17.1. The molecular weight excluding hydrogens is 454 g/mol. The van der Waals surface area contributed by atoms with Crippen molar-refractivity contribution in [3.8, 4) is 6.07 Å². The number of aromatic nitrogens is 1. The first kappa shape index (κ1) is 26.2. The second kappa shape index (κ2) is 11.0. The van der Waals surface area contributed by atoms with Crippen molar-refractivity contribution in [2.75, 3.05) is 25.0 Å². The summed E-state index contributed by atoms with van der Waals surface area (Å²) >= 11 is 0. The molecule has 8 heteroatoms. The molecule has 1 aliphatic carbocycles. The van der Waals surface area contributed by atoms with Gasteiger partial charge in [0, 0.05) is 13.1 Å². The molecule has 1 saturated heterocycles. The summed E-state index contributed by atoms with van der Waals surface area (Å²) in [6, 6.07) is 9.00.